The number of carboxylic acids is 1. The molecule has 0 rings (SSSR count). The van der Waals surface area contributed by atoms with Gasteiger partial charge in [0.2, 0.25) is 0 Å². The van der Waals surface area contributed by atoms with E-state index in [4.69, 9.17) is 16.6 Å². The van der Waals surface area contributed by atoms with Crippen LogP contribution in [0.5, 0.6) is 0 Å². The van der Waals surface area contributed by atoms with Crippen molar-refractivity contribution >= 4 is 15.9 Å². The van der Waals surface area contributed by atoms with E-state index in [0.717, 1.165) is 12.8 Å². The molecule has 0 aliphatic rings. The minimum Gasteiger partial charge on any atom is -0.480 e. The SMILES string of the molecule is NCCCC[C@H](N)C(=O)O.[P]. The Labute approximate surface area is 70.0 Å². The predicted molar refractivity (Wildman–Crippen MR) is 45.4 cm³/mol. The van der Waals surface area contributed by atoms with Crippen molar-refractivity contribution in [2.45, 2.75) is 25.3 Å². The van der Waals surface area contributed by atoms with E-state index >= 15 is 0 Å². The third kappa shape index (κ3) is 7.72. The molecule has 4 nitrogen and oxygen atoms in total. The Hall–Kier alpha value is -0.180. The summed E-state index contributed by atoms with van der Waals surface area (Å²) in [5, 5.41) is 8.33. The fourth-order valence-corrected chi connectivity index (χ4v) is 0.632. The first kappa shape index (κ1) is 13.4. The molecule has 0 aromatic rings. The van der Waals surface area contributed by atoms with Crippen LogP contribution in [0.3, 0.4) is 0 Å². The number of aliphatic carboxylic acids is 1. The Morgan fingerprint density at radius 2 is 2.00 bits per heavy atom. The molecular weight excluding hydrogens is 163 g/mol. The number of hydrogen-bond donors (Lipinski definition) is 3. The van der Waals surface area contributed by atoms with Gasteiger partial charge in [-0.25, -0.2) is 0 Å². The van der Waals surface area contributed by atoms with Gasteiger partial charge in [-0.2, -0.15) is 0 Å². The zero-order chi connectivity index (χ0) is 7.98. The van der Waals surface area contributed by atoms with Crippen LogP contribution in [0.4, 0.5) is 0 Å². The molecule has 0 saturated heterocycles. The van der Waals surface area contributed by atoms with E-state index in [-0.39, 0.29) is 9.90 Å². The van der Waals surface area contributed by atoms with Crippen LogP contribution >= 0.6 is 9.90 Å². The lowest BCUT2D eigenvalue weighted by Gasteiger charge is -2.03. The Morgan fingerprint density at radius 1 is 1.45 bits per heavy atom. The number of carbonyl (C=O) groups is 1. The van der Waals surface area contributed by atoms with Gasteiger partial charge < -0.3 is 16.6 Å². The number of carboxylic acid groups (broad SMARTS) is 1. The molecule has 0 fully saturated rings. The lowest BCUT2D eigenvalue weighted by atomic mass is 10.1. The van der Waals surface area contributed by atoms with Crippen LogP contribution in [0.25, 0.3) is 0 Å². The average molecular weight is 177 g/mol. The third-order valence-electron chi connectivity index (χ3n) is 1.29. The second kappa shape index (κ2) is 7.92. The molecular formula is C6H14N2O2P. The van der Waals surface area contributed by atoms with Crippen LogP contribution in [0.2, 0.25) is 0 Å². The standard InChI is InChI=1S/C6H14N2O2.P/c7-4-2-1-3-5(8)6(9)10;/h5H,1-4,7-8H2,(H,9,10);/t5-;/m0./s1. The van der Waals surface area contributed by atoms with Gasteiger partial charge in [0.25, 0.3) is 0 Å². The predicted octanol–water partition coefficient (Wildman–Crippen LogP) is 0.389. The minimum absolute atomic E-state index is 0. The maximum atomic E-state index is 10.1. The second-order valence-corrected chi connectivity index (χ2v) is 2.23. The van der Waals surface area contributed by atoms with E-state index in [0.29, 0.717) is 13.0 Å². The molecule has 1 atom stereocenters. The average Bonchev–Trinajstić information content (AvgIpc) is 1.88. The van der Waals surface area contributed by atoms with Crippen molar-refractivity contribution in [2.24, 2.45) is 11.5 Å². The normalized spacial score (nSPS) is 11.8. The number of rotatable bonds is 5. The summed E-state index contributed by atoms with van der Waals surface area (Å²) >= 11 is 0. The summed E-state index contributed by atoms with van der Waals surface area (Å²) in [6.45, 7) is 0.604. The van der Waals surface area contributed by atoms with Gasteiger partial charge in [-0.15, -0.1) is 0 Å². The number of hydrogen-bond acceptors (Lipinski definition) is 3. The van der Waals surface area contributed by atoms with Gasteiger partial charge >= 0.3 is 5.97 Å². The number of nitrogens with two attached hydrogens (primary N) is 2. The third-order valence-corrected chi connectivity index (χ3v) is 1.29. The molecule has 0 aliphatic carbocycles. The van der Waals surface area contributed by atoms with Gasteiger partial charge in [-0.3, -0.25) is 4.79 Å². The summed E-state index contributed by atoms with van der Waals surface area (Å²) in [4.78, 5) is 10.1. The highest BCUT2D eigenvalue weighted by molar-refractivity contribution is 6.92. The first-order chi connectivity index (χ1) is 4.68. The Kier molecular flexibility index (Phi) is 9.66. The van der Waals surface area contributed by atoms with Crippen molar-refractivity contribution in [3.8, 4) is 0 Å². The summed E-state index contributed by atoms with van der Waals surface area (Å²) in [6.07, 6.45) is 2.16. The molecule has 0 spiro atoms. The molecule has 5 N–H and O–H groups in total. The van der Waals surface area contributed by atoms with E-state index in [1.54, 1.807) is 0 Å². The largest absolute Gasteiger partial charge is 0.480 e. The highest BCUT2D eigenvalue weighted by atomic mass is 31.0. The van der Waals surface area contributed by atoms with Crippen molar-refractivity contribution < 1.29 is 9.90 Å². The van der Waals surface area contributed by atoms with Gasteiger partial charge in [0.05, 0.1) is 0 Å². The molecule has 0 heterocycles. The molecule has 65 valence electrons. The van der Waals surface area contributed by atoms with Crippen molar-refractivity contribution in [3.63, 3.8) is 0 Å². The molecule has 3 radical (unpaired) electrons. The van der Waals surface area contributed by atoms with Gasteiger partial charge in [0.1, 0.15) is 6.04 Å². The number of unbranched alkanes of at least 4 members (excludes halogenated alkanes) is 1. The van der Waals surface area contributed by atoms with E-state index in [9.17, 15) is 4.79 Å². The molecule has 5 heteroatoms. The van der Waals surface area contributed by atoms with Crippen molar-refractivity contribution in [1.29, 1.82) is 0 Å². The Morgan fingerprint density at radius 3 is 2.36 bits per heavy atom. The smallest absolute Gasteiger partial charge is 0.320 e. The van der Waals surface area contributed by atoms with Gasteiger partial charge in [0.15, 0.2) is 0 Å². The molecule has 11 heavy (non-hydrogen) atoms. The van der Waals surface area contributed by atoms with Crippen molar-refractivity contribution in [2.75, 3.05) is 6.54 Å². The molecule has 0 aliphatic heterocycles. The van der Waals surface area contributed by atoms with Gasteiger partial charge in [-0.1, -0.05) is 6.42 Å². The van der Waals surface area contributed by atoms with Crippen LogP contribution in [-0.2, 0) is 4.79 Å². The quantitative estimate of drug-likeness (QED) is 0.418. The second-order valence-electron chi connectivity index (χ2n) is 2.23. The summed E-state index contributed by atoms with van der Waals surface area (Å²) < 4.78 is 0. The zero-order valence-electron chi connectivity index (χ0n) is 6.36. The van der Waals surface area contributed by atoms with Crippen LogP contribution in [-0.4, -0.2) is 23.7 Å². The van der Waals surface area contributed by atoms with Crippen molar-refractivity contribution in [1.82, 2.24) is 0 Å². The first-order valence-electron chi connectivity index (χ1n) is 3.37. The highest BCUT2D eigenvalue weighted by Gasteiger charge is 2.09. The summed E-state index contributed by atoms with van der Waals surface area (Å²) in [7, 11) is 0. The molecule has 0 unspecified atom stereocenters. The van der Waals surface area contributed by atoms with Crippen LogP contribution in [0, 0.1) is 0 Å². The van der Waals surface area contributed by atoms with E-state index in [1.807, 2.05) is 0 Å². The topological polar surface area (TPSA) is 89.3 Å². The Balaban J connectivity index is 0. The van der Waals surface area contributed by atoms with Gasteiger partial charge in [-0.05, 0) is 19.4 Å². The lowest BCUT2D eigenvalue weighted by Crippen LogP contribution is -2.29. The molecule has 0 aromatic heterocycles. The van der Waals surface area contributed by atoms with Crippen LogP contribution in [0.1, 0.15) is 19.3 Å². The maximum absolute atomic E-state index is 10.1. The molecule has 0 saturated carbocycles. The van der Waals surface area contributed by atoms with E-state index in [1.165, 1.54) is 0 Å². The first-order valence-corrected chi connectivity index (χ1v) is 3.37. The Bertz CT molecular complexity index is 111. The fraction of sp³-hybridized carbons (Fsp3) is 0.833. The summed E-state index contributed by atoms with van der Waals surface area (Å²) in [5.41, 5.74) is 10.4. The molecule has 0 bridgehead atoms. The monoisotopic (exact) mass is 177 g/mol. The molecule has 0 amide bonds. The van der Waals surface area contributed by atoms with E-state index < -0.39 is 12.0 Å². The highest BCUT2D eigenvalue weighted by Crippen LogP contribution is 1.96. The minimum atomic E-state index is -0.933. The maximum Gasteiger partial charge on any atom is 0.320 e. The van der Waals surface area contributed by atoms with Crippen LogP contribution < -0.4 is 11.5 Å². The summed E-state index contributed by atoms with van der Waals surface area (Å²) in [6, 6.07) is -0.716. The van der Waals surface area contributed by atoms with Crippen LogP contribution in [0.15, 0.2) is 0 Å². The van der Waals surface area contributed by atoms with Crippen molar-refractivity contribution in [3.05, 3.63) is 0 Å². The summed E-state index contributed by atoms with van der Waals surface area (Å²) in [5.74, 6) is -0.933. The zero-order valence-corrected chi connectivity index (χ0v) is 7.26. The fourth-order valence-electron chi connectivity index (χ4n) is 0.632. The van der Waals surface area contributed by atoms with E-state index in [2.05, 4.69) is 0 Å². The molecule has 0 aromatic carbocycles. The van der Waals surface area contributed by atoms with Gasteiger partial charge in [0, 0.05) is 9.90 Å². The lowest BCUT2D eigenvalue weighted by molar-refractivity contribution is -0.138.